The molecule has 1 heteroatoms. The first-order valence-corrected chi connectivity index (χ1v) is 16.3. The zero-order valence-corrected chi connectivity index (χ0v) is 25.4. The molecule has 0 aliphatic heterocycles. The summed E-state index contributed by atoms with van der Waals surface area (Å²) >= 11 is 0. The molecule has 0 amide bonds. The highest BCUT2D eigenvalue weighted by molar-refractivity contribution is 6.27. The Balaban J connectivity index is 1.29. The number of furan rings is 1. The van der Waals surface area contributed by atoms with Crippen LogP contribution in [0.4, 0.5) is 0 Å². The fraction of sp³-hybridized carbons (Fsp3) is 0. The van der Waals surface area contributed by atoms with Crippen molar-refractivity contribution in [3.8, 4) is 22.3 Å². The van der Waals surface area contributed by atoms with Crippen LogP contribution in [-0.2, 0) is 0 Å². The topological polar surface area (TPSA) is 13.1 Å². The van der Waals surface area contributed by atoms with Crippen LogP contribution in [0.5, 0.6) is 0 Å². The van der Waals surface area contributed by atoms with Crippen molar-refractivity contribution in [3.05, 3.63) is 158 Å². The quantitative estimate of drug-likeness (QED) is 0.182. The SMILES string of the molecule is c1ccc2c(c1)ccc1c(-c3cc(-c4ccc5ccc6cccc7ccc4c5c67)cc4oc5c6ccccc6ccc5c34)cccc12. The smallest absolute Gasteiger partial charge is 0.143 e. The number of rotatable bonds is 2. The maximum atomic E-state index is 6.90. The number of fused-ring (bicyclic) bond motifs is 8. The molecule has 0 saturated heterocycles. The maximum Gasteiger partial charge on any atom is 0.143 e. The molecule has 0 spiro atoms. The van der Waals surface area contributed by atoms with Crippen molar-refractivity contribution in [2.45, 2.75) is 0 Å². The first-order valence-electron chi connectivity index (χ1n) is 16.3. The summed E-state index contributed by atoms with van der Waals surface area (Å²) in [5, 5.41) is 17.4. The molecule has 216 valence electrons. The number of benzene rings is 10. The molecule has 0 aliphatic rings. The highest BCUT2D eigenvalue weighted by Crippen LogP contribution is 2.46. The minimum Gasteiger partial charge on any atom is -0.455 e. The van der Waals surface area contributed by atoms with E-state index in [1.54, 1.807) is 0 Å². The molecule has 0 aliphatic carbocycles. The van der Waals surface area contributed by atoms with Crippen molar-refractivity contribution in [1.29, 1.82) is 0 Å². The molecule has 0 saturated carbocycles. The van der Waals surface area contributed by atoms with E-state index in [0.717, 1.165) is 32.9 Å². The van der Waals surface area contributed by atoms with E-state index in [2.05, 4.69) is 158 Å². The van der Waals surface area contributed by atoms with Crippen LogP contribution < -0.4 is 0 Å². The summed E-state index contributed by atoms with van der Waals surface area (Å²) in [6.07, 6.45) is 0. The molecule has 0 atom stereocenters. The van der Waals surface area contributed by atoms with Gasteiger partial charge in [0, 0.05) is 16.2 Å². The lowest BCUT2D eigenvalue weighted by atomic mass is 9.87. The van der Waals surface area contributed by atoms with Gasteiger partial charge in [-0.2, -0.15) is 0 Å². The summed E-state index contributed by atoms with van der Waals surface area (Å²) in [5.74, 6) is 0. The standard InChI is InChI=1S/C46H26O/c1-3-11-33-27(7-1)17-22-38-36(33)13-6-14-37(38)41-25-32(26-42-45(41)40-24-18-28-8-2-4-12-35(28)46(40)47-42)34-21-19-31-16-15-29-9-5-10-30-20-23-39(34)44(31)43(29)30/h1-26H. The predicted octanol–water partition coefficient (Wildman–Crippen LogP) is 13.3. The Morgan fingerprint density at radius 1 is 0.298 bits per heavy atom. The molecule has 11 aromatic rings. The molecular weight excluding hydrogens is 569 g/mol. The van der Waals surface area contributed by atoms with Gasteiger partial charge in [-0.25, -0.2) is 0 Å². The molecule has 1 nitrogen and oxygen atoms in total. The Morgan fingerprint density at radius 3 is 1.74 bits per heavy atom. The van der Waals surface area contributed by atoms with Crippen LogP contribution in [0.25, 0.3) is 109 Å². The molecule has 47 heavy (non-hydrogen) atoms. The van der Waals surface area contributed by atoms with Gasteiger partial charge in [0.2, 0.25) is 0 Å². The Labute approximate surface area is 270 Å². The van der Waals surface area contributed by atoms with E-state index in [4.69, 9.17) is 4.42 Å². The van der Waals surface area contributed by atoms with E-state index in [9.17, 15) is 0 Å². The van der Waals surface area contributed by atoms with Crippen LogP contribution in [0.15, 0.2) is 162 Å². The highest BCUT2D eigenvalue weighted by Gasteiger charge is 2.20. The second-order valence-corrected chi connectivity index (χ2v) is 12.8. The van der Waals surface area contributed by atoms with Gasteiger partial charge in [-0.15, -0.1) is 0 Å². The monoisotopic (exact) mass is 594 g/mol. The summed E-state index contributed by atoms with van der Waals surface area (Å²) < 4.78 is 6.90. The first kappa shape index (κ1) is 25.1. The zero-order chi connectivity index (χ0) is 30.6. The summed E-state index contributed by atoms with van der Waals surface area (Å²) in [6.45, 7) is 0. The molecule has 0 unspecified atom stereocenters. The highest BCUT2D eigenvalue weighted by atomic mass is 16.3. The summed E-state index contributed by atoms with van der Waals surface area (Å²) in [4.78, 5) is 0. The van der Waals surface area contributed by atoms with E-state index in [-0.39, 0.29) is 0 Å². The summed E-state index contributed by atoms with van der Waals surface area (Å²) in [6, 6.07) is 57.9. The van der Waals surface area contributed by atoms with Gasteiger partial charge in [-0.05, 0) is 99.7 Å². The number of hydrogen-bond donors (Lipinski definition) is 0. The Kier molecular flexibility index (Phi) is 4.90. The van der Waals surface area contributed by atoms with Crippen molar-refractivity contribution < 1.29 is 4.42 Å². The van der Waals surface area contributed by atoms with Crippen molar-refractivity contribution >= 4 is 86.6 Å². The van der Waals surface area contributed by atoms with Crippen LogP contribution in [0.2, 0.25) is 0 Å². The van der Waals surface area contributed by atoms with E-state index in [1.165, 1.54) is 75.9 Å². The van der Waals surface area contributed by atoms with Gasteiger partial charge < -0.3 is 4.42 Å². The second kappa shape index (κ2) is 9.19. The minimum absolute atomic E-state index is 0.910. The van der Waals surface area contributed by atoms with E-state index in [0.29, 0.717) is 0 Å². The lowest BCUT2D eigenvalue weighted by molar-refractivity contribution is 0.673. The average molecular weight is 595 g/mol. The average Bonchev–Trinajstić information content (AvgIpc) is 3.52. The molecule has 1 aromatic heterocycles. The molecule has 1 heterocycles. The van der Waals surface area contributed by atoms with Gasteiger partial charge in [-0.3, -0.25) is 0 Å². The van der Waals surface area contributed by atoms with Gasteiger partial charge >= 0.3 is 0 Å². The van der Waals surface area contributed by atoms with Crippen LogP contribution in [0.1, 0.15) is 0 Å². The van der Waals surface area contributed by atoms with Crippen molar-refractivity contribution in [3.63, 3.8) is 0 Å². The largest absolute Gasteiger partial charge is 0.455 e. The van der Waals surface area contributed by atoms with Gasteiger partial charge in [-0.1, -0.05) is 140 Å². The first-order chi connectivity index (χ1) is 23.3. The molecule has 10 aromatic carbocycles. The molecule has 11 rings (SSSR count). The molecule has 0 N–H and O–H groups in total. The lowest BCUT2D eigenvalue weighted by Crippen LogP contribution is -1.89. The summed E-state index contributed by atoms with van der Waals surface area (Å²) in [7, 11) is 0. The fourth-order valence-electron chi connectivity index (χ4n) is 8.26. The molecular formula is C46H26O. The van der Waals surface area contributed by atoms with Gasteiger partial charge in [0.15, 0.2) is 0 Å². The van der Waals surface area contributed by atoms with Crippen LogP contribution in [-0.4, -0.2) is 0 Å². The van der Waals surface area contributed by atoms with E-state index < -0.39 is 0 Å². The van der Waals surface area contributed by atoms with Crippen molar-refractivity contribution in [2.24, 2.45) is 0 Å². The lowest BCUT2D eigenvalue weighted by Gasteiger charge is -2.16. The predicted molar refractivity (Wildman–Crippen MR) is 201 cm³/mol. The Hall–Kier alpha value is -6.18. The third kappa shape index (κ3) is 3.43. The number of hydrogen-bond acceptors (Lipinski definition) is 1. The second-order valence-electron chi connectivity index (χ2n) is 12.8. The maximum absolute atomic E-state index is 6.90. The van der Waals surface area contributed by atoms with Crippen LogP contribution in [0, 0.1) is 0 Å². The summed E-state index contributed by atoms with van der Waals surface area (Å²) in [5.41, 5.74) is 6.64. The van der Waals surface area contributed by atoms with E-state index in [1.807, 2.05) is 0 Å². The Bertz CT molecular complexity index is 3050. The normalized spacial score (nSPS) is 12.3. The molecule has 0 bridgehead atoms. The van der Waals surface area contributed by atoms with Crippen molar-refractivity contribution in [1.82, 2.24) is 0 Å². The van der Waals surface area contributed by atoms with Crippen LogP contribution in [0.3, 0.4) is 0 Å². The van der Waals surface area contributed by atoms with Gasteiger partial charge in [0.25, 0.3) is 0 Å². The minimum atomic E-state index is 0.910. The molecule has 0 radical (unpaired) electrons. The third-order valence-electron chi connectivity index (χ3n) is 10.4. The van der Waals surface area contributed by atoms with Crippen molar-refractivity contribution in [2.75, 3.05) is 0 Å². The van der Waals surface area contributed by atoms with Crippen LogP contribution >= 0.6 is 0 Å². The van der Waals surface area contributed by atoms with Gasteiger partial charge in [0.1, 0.15) is 11.2 Å². The molecule has 0 fully saturated rings. The Morgan fingerprint density at radius 2 is 0.894 bits per heavy atom. The van der Waals surface area contributed by atoms with Gasteiger partial charge in [0.05, 0.1) is 0 Å². The van der Waals surface area contributed by atoms with E-state index >= 15 is 0 Å². The fourth-order valence-corrected chi connectivity index (χ4v) is 8.26. The zero-order valence-electron chi connectivity index (χ0n) is 25.4. The third-order valence-corrected chi connectivity index (χ3v) is 10.4.